The number of halogens is 4. The number of aliphatic imine (C=N–C) groups is 1. The minimum Gasteiger partial charge on any atom is -0.481 e. The molecule has 2 atom stereocenters. The zero-order chi connectivity index (χ0) is 33.5. The van der Waals surface area contributed by atoms with Gasteiger partial charge in [-0.3, -0.25) is 9.59 Å². The Kier molecular flexibility index (Phi) is 8.74. The van der Waals surface area contributed by atoms with E-state index in [1.165, 1.54) is 23.9 Å². The molecule has 2 amide bonds. The van der Waals surface area contributed by atoms with Crippen molar-refractivity contribution >= 4 is 23.3 Å². The molecule has 1 aromatic carbocycles. The minimum absolute atomic E-state index is 0.170. The highest BCUT2D eigenvalue weighted by molar-refractivity contribution is 6.05. The molecule has 242 valence electrons. The Bertz CT molecular complexity index is 1770. The number of aromatic nitrogens is 3. The number of nitrogens with zero attached hydrogens (tertiary/aromatic N) is 6. The number of primary amides is 1. The summed E-state index contributed by atoms with van der Waals surface area (Å²) < 4.78 is 61.9. The lowest BCUT2D eigenvalue weighted by Gasteiger charge is -2.39. The summed E-state index contributed by atoms with van der Waals surface area (Å²) in [6.45, 7) is 3.53. The number of amides is 2. The molecule has 3 aromatic rings. The van der Waals surface area contributed by atoms with Crippen LogP contribution in [0.4, 0.5) is 23.2 Å². The number of alkyl halides is 3. The first-order chi connectivity index (χ1) is 21.7. The normalized spacial score (nSPS) is 18.7. The number of pyridine rings is 1. The molecule has 11 nitrogen and oxygen atoms in total. The number of carbonyl (C=O) groups excluding carboxylic acids is 2. The van der Waals surface area contributed by atoms with Gasteiger partial charge in [0.25, 0.3) is 5.91 Å². The molecule has 5 rings (SSSR count). The van der Waals surface area contributed by atoms with Crippen LogP contribution in [0, 0.1) is 30.0 Å². The number of nitrogens with two attached hydrogens (primary N) is 2. The van der Waals surface area contributed by atoms with Gasteiger partial charge in [0.15, 0.2) is 0 Å². The number of carbonyl (C=O) groups is 2. The molecule has 1 aliphatic heterocycles. The van der Waals surface area contributed by atoms with E-state index in [-0.39, 0.29) is 53.6 Å². The number of anilines is 1. The number of piperidine rings is 1. The zero-order valence-corrected chi connectivity index (χ0v) is 25.4. The first-order valence-electron chi connectivity index (χ1n) is 14.6. The fraction of sp³-hybridized carbons (Fsp3) is 0.419. The molecule has 1 aliphatic carbocycles. The number of hydrogen-bond acceptors (Lipinski definition) is 7. The maximum Gasteiger partial charge on any atom is 0.433 e. The van der Waals surface area contributed by atoms with Crippen LogP contribution in [0.1, 0.15) is 66.7 Å². The van der Waals surface area contributed by atoms with Gasteiger partial charge in [-0.15, -0.1) is 0 Å². The summed E-state index contributed by atoms with van der Waals surface area (Å²) in [5.41, 5.74) is 12.3. The van der Waals surface area contributed by atoms with E-state index in [0.29, 0.717) is 48.2 Å². The van der Waals surface area contributed by atoms with Crippen LogP contribution in [0.15, 0.2) is 29.3 Å². The van der Waals surface area contributed by atoms with Crippen LogP contribution in [-0.4, -0.2) is 52.1 Å². The fourth-order valence-electron chi connectivity index (χ4n) is 5.97. The minimum atomic E-state index is -4.61. The van der Waals surface area contributed by atoms with Crippen molar-refractivity contribution in [3.8, 4) is 23.1 Å². The maximum absolute atomic E-state index is 15.4. The molecule has 46 heavy (non-hydrogen) atoms. The van der Waals surface area contributed by atoms with E-state index >= 15 is 4.39 Å². The van der Waals surface area contributed by atoms with Crippen LogP contribution in [0.3, 0.4) is 0 Å². The molecule has 2 unspecified atom stereocenters. The van der Waals surface area contributed by atoms with E-state index in [9.17, 15) is 28.0 Å². The van der Waals surface area contributed by atoms with Gasteiger partial charge in [-0.05, 0) is 69.4 Å². The lowest BCUT2D eigenvalue weighted by atomic mass is 9.89. The van der Waals surface area contributed by atoms with E-state index in [2.05, 4.69) is 15.1 Å². The predicted molar refractivity (Wildman–Crippen MR) is 159 cm³/mol. The van der Waals surface area contributed by atoms with Crippen LogP contribution in [0.2, 0.25) is 0 Å². The quantitative estimate of drug-likeness (QED) is 0.210. The van der Waals surface area contributed by atoms with Crippen molar-refractivity contribution in [2.45, 2.75) is 64.2 Å². The third-order valence-corrected chi connectivity index (χ3v) is 8.27. The molecule has 4 N–H and O–H groups in total. The van der Waals surface area contributed by atoms with E-state index in [0.717, 1.165) is 6.07 Å². The van der Waals surface area contributed by atoms with Gasteiger partial charge in [-0.2, -0.15) is 28.5 Å². The van der Waals surface area contributed by atoms with Crippen LogP contribution >= 0.6 is 0 Å². The van der Waals surface area contributed by atoms with Gasteiger partial charge in [-0.1, -0.05) is 0 Å². The van der Waals surface area contributed by atoms with Crippen molar-refractivity contribution in [3.63, 3.8) is 0 Å². The molecule has 0 bridgehead atoms. The molecule has 2 aliphatic rings. The number of aryl methyl sites for hydroxylation is 1. The number of amidine groups is 1. The molecule has 15 heteroatoms. The third kappa shape index (κ3) is 6.37. The number of rotatable bonds is 8. The van der Waals surface area contributed by atoms with Gasteiger partial charge < -0.3 is 21.1 Å². The average Bonchev–Trinajstić information content (AvgIpc) is 3.79. The second-order valence-corrected chi connectivity index (χ2v) is 11.6. The lowest BCUT2D eigenvalue weighted by Crippen LogP contribution is -2.43. The van der Waals surface area contributed by atoms with Crippen LogP contribution in [0.5, 0.6) is 5.88 Å². The summed E-state index contributed by atoms with van der Waals surface area (Å²) in [7, 11) is 1.39. The number of methoxy groups -OCH3 is 1. The Morgan fingerprint density at radius 1 is 1.20 bits per heavy atom. The van der Waals surface area contributed by atoms with Gasteiger partial charge in [0.2, 0.25) is 11.8 Å². The highest BCUT2D eigenvalue weighted by Gasteiger charge is 2.37. The predicted octanol–water partition coefficient (Wildman–Crippen LogP) is 4.19. The van der Waals surface area contributed by atoms with Crippen LogP contribution in [-0.2, 0) is 22.3 Å². The largest absolute Gasteiger partial charge is 0.481 e. The SMILES string of the molecule is COc1c(-c2cc(F)c(C#N)c(N3CCC(C(=O)N=C(N)c4ccc(C(F)(F)F)nc4C4CC4)CC3C)c2)c(C)nn1CC(N)=O. The van der Waals surface area contributed by atoms with Crippen molar-refractivity contribution < 1.29 is 31.9 Å². The Morgan fingerprint density at radius 3 is 2.50 bits per heavy atom. The Labute approximate surface area is 261 Å². The van der Waals surface area contributed by atoms with Gasteiger partial charge in [0, 0.05) is 30.0 Å². The zero-order valence-electron chi connectivity index (χ0n) is 25.4. The summed E-state index contributed by atoms with van der Waals surface area (Å²) in [4.78, 5) is 34.5. The van der Waals surface area contributed by atoms with Gasteiger partial charge in [0.1, 0.15) is 35.5 Å². The van der Waals surface area contributed by atoms with E-state index in [4.69, 9.17) is 16.2 Å². The Balaban J connectivity index is 1.40. The molecular formula is C31H32F4N8O3. The van der Waals surface area contributed by atoms with E-state index < -0.39 is 35.4 Å². The summed E-state index contributed by atoms with van der Waals surface area (Å²) in [5, 5.41) is 14.2. The van der Waals surface area contributed by atoms with Crippen LogP contribution < -0.4 is 21.1 Å². The number of hydrogen-bond donors (Lipinski definition) is 2. The second-order valence-electron chi connectivity index (χ2n) is 11.6. The van der Waals surface area contributed by atoms with E-state index in [1.807, 2.05) is 17.9 Å². The molecule has 3 heterocycles. The van der Waals surface area contributed by atoms with Crippen molar-refractivity contribution in [3.05, 3.63) is 58.3 Å². The summed E-state index contributed by atoms with van der Waals surface area (Å²) in [6.07, 6.45) is -2.66. The molecule has 0 spiro atoms. The topological polar surface area (TPSA) is 166 Å². The Morgan fingerprint density at radius 2 is 1.91 bits per heavy atom. The van der Waals surface area contributed by atoms with Crippen molar-refractivity contribution in [1.29, 1.82) is 5.26 Å². The molecular weight excluding hydrogens is 608 g/mol. The molecule has 1 saturated heterocycles. The number of ether oxygens (including phenoxy) is 1. The highest BCUT2D eigenvalue weighted by Crippen LogP contribution is 2.42. The maximum atomic E-state index is 15.4. The average molecular weight is 641 g/mol. The van der Waals surface area contributed by atoms with Crippen molar-refractivity contribution in [1.82, 2.24) is 14.8 Å². The molecule has 2 fully saturated rings. The molecule has 1 saturated carbocycles. The van der Waals surface area contributed by atoms with Gasteiger partial charge >= 0.3 is 6.18 Å². The van der Waals surface area contributed by atoms with Crippen molar-refractivity contribution in [2.75, 3.05) is 18.6 Å². The number of nitriles is 1. The summed E-state index contributed by atoms with van der Waals surface area (Å²) in [5.74, 6) is -2.65. The lowest BCUT2D eigenvalue weighted by molar-refractivity contribution is -0.141. The van der Waals surface area contributed by atoms with Gasteiger partial charge in [-0.25, -0.2) is 14.1 Å². The fourth-order valence-corrected chi connectivity index (χ4v) is 5.97. The number of benzene rings is 1. The van der Waals surface area contributed by atoms with E-state index in [1.54, 1.807) is 13.0 Å². The highest BCUT2D eigenvalue weighted by atomic mass is 19.4. The monoisotopic (exact) mass is 640 g/mol. The Hall–Kier alpha value is -5.00. The molecule has 2 aromatic heterocycles. The standard InChI is InChI=1S/C31H32F4N8O3/c1-15-10-18(29(45)40-28(38)20-6-7-24(31(33,34)35)39-27(20)17-4-5-17)8-9-42(15)23-12-19(11-22(32)21(23)13-36)26-16(2)41-43(14-25(37)44)30(26)46-3/h6-7,11-12,15,17-18H,4-5,8-10,14H2,1-3H3,(H2,37,44)(H2,38,40,45). The first-order valence-corrected chi connectivity index (χ1v) is 14.6. The summed E-state index contributed by atoms with van der Waals surface area (Å²) >= 11 is 0. The van der Waals surface area contributed by atoms with Crippen molar-refractivity contribution in [2.24, 2.45) is 22.4 Å². The van der Waals surface area contributed by atoms with Gasteiger partial charge in [0.05, 0.1) is 29.7 Å². The first kappa shape index (κ1) is 32.4. The smallest absolute Gasteiger partial charge is 0.433 e. The molecule has 0 radical (unpaired) electrons. The van der Waals surface area contributed by atoms with Crippen LogP contribution in [0.25, 0.3) is 11.1 Å². The summed E-state index contributed by atoms with van der Waals surface area (Å²) in [6, 6.07) is 6.48. The third-order valence-electron chi connectivity index (χ3n) is 8.27. The second kappa shape index (κ2) is 12.4.